The SMILES string of the molecule is CNS(=O)(=O)NC1CCN(c2ccccc2OC)C1=O. The first-order valence-corrected chi connectivity index (χ1v) is 7.62. The summed E-state index contributed by atoms with van der Waals surface area (Å²) in [5, 5.41) is 0. The van der Waals surface area contributed by atoms with Crippen molar-refractivity contribution in [2.45, 2.75) is 12.5 Å². The molecule has 2 N–H and O–H groups in total. The molecule has 0 bridgehead atoms. The summed E-state index contributed by atoms with van der Waals surface area (Å²) in [5.74, 6) is 0.297. The van der Waals surface area contributed by atoms with Crippen LogP contribution in [0.2, 0.25) is 0 Å². The van der Waals surface area contributed by atoms with E-state index in [0.29, 0.717) is 24.4 Å². The van der Waals surface area contributed by atoms with E-state index in [4.69, 9.17) is 4.74 Å². The number of nitrogens with zero attached hydrogens (tertiary/aromatic N) is 1. The Labute approximate surface area is 118 Å². The zero-order valence-electron chi connectivity index (χ0n) is 11.3. The van der Waals surface area contributed by atoms with Crippen molar-refractivity contribution in [3.05, 3.63) is 24.3 Å². The van der Waals surface area contributed by atoms with E-state index < -0.39 is 16.3 Å². The van der Waals surface area contributed by atoms with Gasteiger partial charge in [0.1, 0.15) is 11.8 Å². The van der Waals surface area contributed by atoms with E-state index in [1.807, 2.05) is 6.07 Å². The van der Waals surface area contributed by atoms with E-state index in [0.717, 1.165) is 0 Å². The zero-order chi connectivity index (χ0) is 14.8. The van der Waals surface area contributed by atoms with Crippen molar-refractivity contribution in [1.82, 2.24) is 9.44 Å². The number of benzene rings is 1. The van der Waals surface area contributed by atoms with Crippen LogP contribution in [0, 0.1) is 0 Å². The van der Waals surface area contributed by atoms with Crippen LogP contribution >= 0.6 is 0 Å². The highest BCUT2D eigenvalue weighted by Gasteiger charge is 2.35. The Balaban J connectivity index is 2.19. The molecule has 2 rings (SSSR count). The van der Waals surface area contributed by atoms with Crippen molar-refractivity contribution >= 4 is 21.8 Å². The lowest BCUT2D eigenvalue weighted by atomic mass is 10.2. The van der Waals surface area contributed by atoms with Crippen molar-refractivity contribution in [3.8, 4) is 5.75 Å². The molecular formula is C12H17N3O4S. The normalized spacial score (nSPS) is 19.4. The molecule has 1 atom stereocenters. The molecule has 0 radical (unpaired) electrons. The predicted molar refractivity (Wildman–Crippen MR) is 74.9 cm³/mol. The predicted octanol–water partition coefficient (Wildman–Crippen LogP) is -0.146. The molecular weight excluding hydrogens is 282 g/mol. The van der Waals surface area contributed by atoms with Gasteiger partial charge in [0, 0.05) is 13.6 Å². The fraction of sp³-hybridized carbons (Fsp3) is 0.417. The Bertz CT molecular complexity index is 602. The Morgan fingerprint density at radius 3 is 2.70 bits per heavy atom. The summed E-state index contributed by atoms with van der Waals surface area (Å²) in [7, 11) is -0.816. The molecule has 1 heterocycles. The molecule has 1 saturated heterocycles. The third kappa shape index (κ3) is 2.92. The van der Waals surface area contributed by atoms with Crippen LogP contribution in [-0.2, 0) is 15.0 Å². The van der Waals surface area contributed by atoms with Gasteiger partial charge in [0.25, 0.3) is 10.2 Å². The number of methoxy groups -OCH3 is 1. The van der Waals surface area contributed by atoms with Crippen LogP contribution in [0.15, 0.2) is 24.3 Å². The second-order valence-corrected chi connectivity index (χ2v) is 5.98. The summed E-state index contributed by atoms with van der Waals surface area (Å²) in [6.07, 6.45) is 0.414. The molecule has 8 heteroatoms. The van der Waals surface area contributed by atoms with E-state index in [2.05, 4.69) is 9.44 Å². The monoisotopic (exact) mass is 299 g/mol. The maximum absolute atomic E-state index is 12.3. The van der Waals surface area contributed by atoms with Crippen molar-refractivity contribution < 1.29 is 17.9 Å². The van der Waals surface area contributed by atoms with Crippen LogP contribution in [0.3, 0.4) is 0 Å². The highest BCUT2D eigenvalue weighted by atomic mass is 32.2. The molecule has 1 amide bonds. The van der Waals surface area contributed by atoms with Gasteiger partial charge in [-0.3, -0.25) is 4.79 Å². The number of amides is 1. The smallest absolute Gasteiger partial charge is 0.277 e. The van der Waals surface area contributed by atoms with Crippen LogP contribution in [0.5, 0.6) is 5.75 Å². The first-order chi connectivity index (χ1) is 9.48. The van der Waals surface area contributed by atoms with Crippen LogP contribution in [-0.4, -0.2) is 41.1 Å². The van der Waals surface area contributed by atoms with Gasteiger partial charge in [-0.2, -0.15) is 13.1 Å². The number of nitrogens with one attached hydrogen (secondary N) is 2. The highest BCUT2D eigenvalue weighted by molar-refractivity contribution is 7.87. The third-order valence-corrected chi connectivity index (χ3v) is 4.28. The standard InChI is InChI=1S/C12H17N3O4S/c1-13-20(17,18)14-9-7-8-15(12(9)16)10-5-3-4-6-11(10)19-2/h3-6,9,13-14H,7-8H2,1-2H3. The van der Waals surface area contributed by atoms with Crippen molar-refractivity contribution in [2.24, 2.45) is 0 Å². The quantitative estimate of drug-likeness (QED) is 0.792. The number of anilines is 1. The summed E-state index contributed by atoms with van der Waals surface area (Å²) in [5.41, 5.74) is 0.645. The molecule has 1 aromatic rings. The number of para-hydroxylation sites is 2. The first-order valence-electron chi connectivity index (χ1n) is 6.13. The average molecular weight is 299 g/mol. The van der Waals surface area contributed by atoms with Crippen LogP contribution < -0.4 is 19.1 Å². The zero-order valence-corrected chi connectivity index (χ0v) is 12.1. The molecule has 1 fully saturated rings. The summed E-state index contributed by atoms with van der Waals surface area (Å²) < 4.78 is 32.6. The minimum absolute atomic E-state index is 0.284. The number of hydrogen-bond acceptors (Lipinski definition) is 4. The number of hydrogen-bond donors (Lipinski definition) is 2. The lowest BCUT2D eigenvalue weighted by Gasteiger charge is -2.19. The van der Waals surface area contributed by atoms with Crippen LogP contribution in [0.1, 0.15) is 6.42 Å². The molecule has 0 aromatic heterocycles. The van der Waals surface area contributed by atoms with E-state index >= 15 is 0 Å². The maximum atomic E-state index is 12.3. The summed E-state index contributed by atoms with van der Waals surface area (Å²) in [6, 6.07) is 6.39. The Morgan fingerprint density at radius 1 is 1.35 bits per heavy atom. The Hall–Kier alpha value is -1.64. The van der Waals surface area contributed by atoms with Gasteiger partial charge in [-0.05, 0) is 18.6 Å². The summed E-state index contributed by atoms with van der Waals surface area (Å²) in [6.45, 7) is 0.441. The second kappa shape index (κ2) is 5.78. The average Bonchev–Trinajstić information content (AvgIpc) is 2.79. The van der Waals surface area contributed by atoms with E-state index in [9.17, 15) is 13.2 Å². The summed E-state index contributed by atoms with van der Waals surface area (Å²) in [4.78, 5) is 13.8. The van der Waals surface area contributed by atoms with Crippen LogP contribution in [0.4, 0.5) is 5.69 Å². The molecule has 1 aromatic carbocycles. The van der Waals surface area contributed by atoms with Gasteiger partial charge in [0.15, 0.2) is 0 Å². The molecule has 1 aliphatic rings. The maximum Gasteiger partial charge on any atom is 0.277 e. The number of rotatable bonds is 5. The molecule has 110 valence electrons. The molecule has 7 nitrogen and oxygen atoms in total. The highest BCUT2D eigenvalue weighted by Crippen LogP contribution is 2.31. The van der Waals surface area contributed by atoms with E-state index in [1.54, 1.807) is 18.2 Å². The Morgan fingerprint density at radius 2 is 2.05 bits per heavy atom. The van der Waals surface area contributed by atoms with Gasteiger partial charge >= 0.3 is 0 Å². The van der Waals surface area contributed by atoms with Gasteiger partial charge in [-0.25, -0.2) is 4.72 Å². The fourth-order valence-corrected chi connectivity index (χ4v) is 2.84. The van der Waals surface area contributed by atoms with E-state index in [1.165, 1.54) is 19.1 Å². The minimum atomic E-state index is -3.64. The Kier molecular flexibility index (Phi) is 4.26. The second-order valence-electron chi connectivity index (χ2n) is 4.33. The molecule has 0 saturated carbocycles. The van der Waals surface area contributed by atoms with E-state index in [-0.39, 0.29) is 5.91 Å². The molecule has 20 heavy (non-hydrogen) atoms. The lowest BCUT2D eigenvalue weighted by molar-refractivity contribution is -0.118. The number of ether oxygens (including phenoxy) is 1. The van der Waals surface area contributed by atoms with Gasteiger partial charge in [0.2, 0.25) is 5.91 Å². The number of carbonyl (C=O) groups is 1. The largest absolute Gasteiger partial charge is 0.495 e. The van der Waals surface area contributed by atoms with Gasteiger partial charge in [-0.1, -0.05) is 12.1 Å². The number of carbonyl (C=O) groups excluding carboxylic acids is 1. The topological polar surface area (TPSA) is 87.7 Å². The molecule has 0 aliphatic carbocycles. The lowest BCUT2D eigenvalue weighted by Crippen LogP contribution is -2.45. The van der Waals surface area contributed by atoms with Gasteiger partial charge in [0.05, 0.1) is 12.8 Å². The fourth-order valence-electron chi connectivity index (χ4n) is 2.13. The van der Waals surface area contributed by atoms with Crippen molar-refractivity contribution in [2.75, 3.05) is 25.6 Å². The molecule has 0 spiro atoms. The minimum Gasteiger partial charge on any atom is -0.495 e. The first kappa shape index (κ1) is 14.8. The van der Waals surface area contributed by atoms with Crippen molar-refractivity contribution in [3.63, 3.8) is 0 Å². The van der Waals surface area contributed by atoms with Crippen LogP contribution in [0.25, 0.3) is 0 Å². The van der Waals surface area contributed by atoms with Gasteiger partial charge < -0.3 is 9.64 Å². The summed E-state index contributed by atoms with van der Waals surface area (Å²) >= 11 is 0. The third-order valence-electron chi connectivity index (χ3n) is 3.15. The van der Waals surface area contributed by atoms with Crippen molar-refractivity contribution in [1.29, 1.82) is 0 Å². The van der Waals surface area contributed by atoms with Gasteiger partial charge in [-0.15, -0.1) is 0 Å². The molecule has 1 unspecified atom stereocenters. The molecule has 1 aliphatic heterocycles.